The largest absolute Gasteiger partial charge is 0.508 e. The molecule has 0 aliphatic carbocycles. The Morgan fingerprint density at radius 1 is 0.640 bits per heavy atom. The first-order chi connectivity index (χ1) is 12.1. The summed E-state index contributed by atoms with van der Waals surface area (Å²) in [6.45, 7) is 6.78. The molecule has 2 atom stereocenters. The Morgan fingerprint density at radius 3 is 1.28 bits per heavy atom. The molecule has 0 spiro atoms. The Morgan fingerprint density at radius 2 is 1.00 bits per heavy atom. The van der Waals surface area contributed by atoms with Gasteiger partial charge in [-0.05, 0) is 66.0 Å². The lowest BCUT2D eigenvalue weighted by atomic mass is 9.70. The summed E-state index contributed by atoms with van der Waals surface area (Å²) >= 11 is 0. The first-order valence-corrected chi connectivity index (χ1v) is 9.68. The molecule has 2 unspecified atom stereocenters. The van der Waals surface area contributed by atoms with Crippen LogP contribution < -0.4 is 0 Å². The second kappa shape index (κ2) is 9.50. The van der Waals surface area contributed by atoms with Crippen molar-refractivity contribution in [2.75, 3.05) is 0 Å². The van der Waals surface area contributed by atoms with Crippen molar-refractivity contribution >= 4 is 0 Å². The zero-order valence-corrected chi connectivity index (χ0v) is 15.8. The minimum Gasteiger partial charge on any atom is -0.508 e. The van der Waals surface area contributed by atoms with Crippen molar-refractivity contribution in [2.45, 2.75) is 64.7 Å². The number of hydrogen-bond acceptors (Lipinski definition) is 2. The topological polar surface area (TPSA) is 40.5 Å². The second-order valence-electron chi connectivity index (χ2n) is 7.05. The van der Waals surface area contributed by atoms with E-state index in [4.69, 9.17) is 0 Å². The fourth-order valence-corrected chi connectivity index (χ4v) is 4.17. The van der Waals surface area contributed by atoms with E-state index in [1.54, 1.807) is 24.3 Å². The van der Waals surface area contributed by atoms with E-state index in [1.165, 1.54) is 11.1 Å². The predicted octanol–water partition coefficient (Wildman–Crippen LogP) is 6.59. The molecular formula is C23H32O2. The van der Waals surface area contributed by atoms with Crippen LogP contribution in [0.1, 0.15) is 75.8 Å². The van der Waals surface area contributed by atoms with Gasteiger partial charge in [0.2, 0.25) is 0 Å². The summed E-state index contributed by atoms with van der Waals surface area (Å²) in [5.41, 5.74) is 2.65. The zero-order chi connectivity index (χ0) is 18.2. The fraction of sp³-hybridized carbons (Fsp3) is 0.478. The summed E-state index contributed by atoms with van der Waals surface area (Å²) in [5.74, 6) is 2.18. The van der Waals surface area contributed by atoms with Crippen molar-refractivity contribution in [1.29, 1.82) is 0 Å². The molecule has 0 saturated heterocycles. The molecule has 0 aliphatic rings. The molecule has 0 radical (unpaired) electrons. The Hall–Kier alpha value is -1.96. The van der Waals surface area contributed by atoms with Gasteiger partial charge in [-0.2, -0.15) is 0 Å². The lowest BCUT2D eigenvalue weighted by molar-refractivity contribution is 0.309. The molecule has 25 heavy (non-hydrogen) atoms. The third-order valence-corrected chi connectivity index (χ3v) is 5.35. The van der Waals surface area contributed by atoms with Crippen LogP contribution in [0.4, 0.5) is 0 Å². The number of hydrogen-bond donors (Lipinski definition) is 2. The molecule has 2 N–H and O–H groups in total. The highest BCUT2D eigenvalue weighted by Crippen LogP contribution is 2.43. The normalized spacial score (nSPS) is 14.8. The van der Waals surface area contributed by atoms with Crippen molar-refractivity contribution in [3.63, 3.8) is 0 Å². The van der Waals surface area contributed by atoms with Gasteiger partial charge in [-0.15, -0.1) is 0 Å². The van der Waals surface area contributed by atoms with Crippen LogP contribution in [0.5, 0.6) is 11.5 Å². The number of phenols is 2. The van der Waals surface area contributed by atoms with E-state index in [9.17, 15) is 10.2 Å². The number of phenolic OH excluding ortho intramolecular Hbond substituents is 2. The molecule has 0 bridgehead atoms. The van der Waals surface area contributed by atoms with Gasteiger partial charge in [-0.25, -0.2) is 0 Å². The molecule has 0 amide bonds. The molecular weight excluding hydrogens is 308 g/mol. The third kappa shape index (κ3) is 5.01. The first kappa shape index (κ1) is 19.4. The monoisotopic (exact) mass is 340 g/mol. The van der Waals surface area contributed by atoms with E-state index in [-0.39, 0.29) is 0 Å². The summed E-state index contributed by atoms with van der Waals surface area (Å²) in [5, 5.41) is 19.3. The van der Waals surface area contributed by atoms with Crippen LogP contribution in [0, 0.1) is 5.92 Å². The van der Waals surface area contributed by atoms with Gasteiger partial charge in [0, 0.05) is 0 Å². The van der Waals surface area contributed by atoms with E-state index < -0.39 is 0 Å². The summed E-state index contributed by atoms with van der Waals surface area (Å²) in [6.07, 6.45) is 5.73. The molecule has 0 fully saturated rings. The minimum atomic E-state index is 0.329. The van der Waals surface area contributed by atoms with E-state index in [0.717, 1.165) is 32.1 Å². The highest BCUT2D eigenvalue weighted by atomic mass is 16.3. The first-order valence-electron chi connectivity index (χ1n) is 9.68. The zero-order valence-electron chi connectivity index (χ0n) is 15.8. The Bertz CT molecular complexity index is 560. The van der Waals surface area contributed by atoms with E-state index in [2.05, 4.69) is 45.0 Å². The molecule has 0 aromatic heterocycles. The minimum absolute atomic E-state index is 0.329. The number of rotatable bonds is 9. The Labute approximate surface area is 152 Å². The standard InChI is InChI=1S/C23H32O2/c1-4-7-22(17-9-13-19(24)14-10-17)21(6-3)23(8-5-2)18-11-15-20(25)16-12-18/h9-16,21-25H,4-8H2,1-3H3. The van der Waals surface area contributed by atoms with Crippen LogP contribution in [0.3, 0.4) is 0 Å². The highest BCUT2D eigenvalue weighted by molar-refractivity contribution is 5.32. The lowest BCUT2D eigenvalue weighted by Crippen LogP contribution is -2.21. The molecule has 2 aromatic carbocycles. The quantitative estimate of drug-likeness (QED) is 0.540. The van der Waals surface area contributed by atoms with Gasteiger partial charge in [0.15, 0.2) is 0 Å². The van der Waals surface area contributed by atoms with Crippen LogP contribution in [0.15, 0.2) is 48.5 Å². The summed E-state index contributed by atoms with van der Waals surface area (Å²) in [6, 6.07) is 15.5. The maximum Gasteiger partial charge on any atom is 0.115 e. The van der Waals surface area contributed by atoms with Gasteiger partial charge >= 0.3 is 0 Å². The molecule has 136 valence electrons. The number of aromatic hydroxyl groups is 2. The molecule has 2 aromatic rings. The molecule has 0 saturated carbocycles. The average Bonchev–Trinajstić information content (AvgIpc) is 2.62. The lowest BCUT2D eigenvalue weighted by Gasteiger charge is -2.34. The number of benzene rings is 2. The van der Waals surface area contributed by atoms with Crippen LogP contribution in [-0.2, 0) is 0 Å². The average molecular weight is 341 g/mol. The summed E-state index contributed by atoms with van der Waals surface area (Å²) in [4.78, 5) is 0. The Balaban J connectivity index is 2.38. The van der Waals surface area contributed by atoms with Crippen molar-refractivity contribution in [2.24, 2.45) is 5.92 Å². The molecule has 2 rings (SSSR count). The van der Waals surface area contributed by atoms with Gasteiger partial charge < -0.3 is 10.2 Å². The van der Waals surface area contributed by atoms with Crippen LogP contribution in [0.2, 0.25) is 0 Å². The molecule has 0 aliphatic heterocycles. The van der Waals surface area contributed by atoms with E-state index in [0.29, 0.717) is 29.3 Å². The molecule has 2 nitrogen and oxygen atoms in total. The molecule has 0 heterocycles. The van der Waals surface area contributed by atoms with Gasteiger partial charge in [0.1, 0.15) is 11.5 Å². The van der Waals surface area contributed by atoms with Gasteiger partial charge in [0.25, 0.3) is 0 Å². The smallest absolute Gasteiger partial charge is 0.115 e. The fourth-order valence-electron chi connectivity index (χ4n) is 4.17. The summed E-state index contributed by atoms with van der Waals surface area (Å²) < 4.78 is 0. The maximum atomic E-state index is 9.64. The third-order valence-electron chi connectivity index (χ3n) is 5.35. The van der Waals surface area contributed by atoms with Crippen molar-refractivity contribution < 1.29 is 10.2 Å². The summed E-state index contributed by atoms with van der Waals surface area (Å²) in [7, 11) is 0. The van der Waals surface area contributed by atoms with Crippen LogP contribution >= 0.6 is 0 Å². The van der Waals surface area contributed by atoms with Crippen molar-refractivity contribution in [3.8, 4) is 11.5 Å². The van der Waals surface area contributed by atoms with Gasteiger partial charge in [-0.3, -0.25) is 0 Å². The van der Waals surface area contributed by atoms with E-state index in [1.807, 2.05) is 0 Å². The maximum absolute atomic E-state index is 9.64. The van der Waals surface area contributed by atoms with Crippen LogP contribution in [-0.4, -0.2) is 10.2 Å². The van der Waals surface area contributed by atoms with Gasteiger partial charge in [0.05, 0.1) is 0 Å². The predicted molar refractivity (Wildman–Crippen MR) is 105 cm³/mol. The Kier molecular flexibility index (Phi) is 7.36. The van der Waals surface area contributed by atoms with Gasteiger partial charge in [-0.1, -0.05) is 64.3 Å². The highest BCUT2D eigenvalue weighted by Gasteiger charge is 2.29. The van der Waals surface area contributed by atoms with E-state index >= 15 is 0 Å². The second-order valence-corrected chi connectivity index (χ2v) is 7.05. The van der Waals surface area contributed by atoms with Crippen molar-refractivity contribution in [1.82, 2.24) is 0 Å². The van der Waals surface area contributed by atoms with Crippen molar-refractivity contribution in [3.05, 3.63) is 59.7 Å². The molecule has 2 heteroatoms. The van der Waals surface area contributed by atoms with Crippen LogP contribution in [0.25, 0.3) is 0 Å². The SMILES string of the molecule is CCCC(c1ccc(O)cc1)C(CC)C(CCC)c1ccc(O)cc1.